The highest BCUT2D eigenvalue weighted by atomic mass is 14.7. The van der Waals surface area contributed by atoms with Gasteiger partial charge in [-0.25, -0.2) is 0 Å². The number of hydrogen-bond acceptors (Lipinski definition) is 0. The van der Waals surface area contributed by atoms with Gasteiger partial charge >= 0.3 is 0 Å². The van der Waals surface area contributed by atoms with Gasteiger partial charge in [0.25, 0.3) is 0 Å². The molecule has 1 atom stereocenters. The van der Waals surface area contributed by atoms with Crippen molar-refractivity contribution in [2.45, 2.75) is 70.1 Å². The van der Waals surface area contributed by atoms with Crippen molar-refractivity contribution in [3.05, 3.63) is 209 Å². The molecule has 0 saturated heterocycles. The van der Waals surface area contributed by atoms with Crippen molar-refractivity contribution in [3.8, 4) is 0 Å². The molecule has 0 fully saturated rings. The van der Waals surface area contributed by atoms with Crippen LogP contribution in [0.1, 0.15) is 103 Å². The average Bonchev–Trinajstić information content (AvgIpc) is 3.74. The van der Waals surface area contributed by atoms with Gasteiger partial charge in [-0.3, -0.25) is 0 Å². The van der Waals surface area contributed by atoms with E-state index < -0.39 is 0 Å². The Balaban J connectivity index is 0.000000136. The summed E-state index contributed by atoms with van der Waals surface area (Å²) >= 11 is 0. The molecular formula is C53H51N. The van der Waals surface area contributed by atoms with Crippen molar-refractivity contribution in [2.75, 3.05) is 0 Å². The Hall–Kier alpha value is -5.66. The van der Waals surface area contributed by atoms with Crippen LogP contribution in [-0.2, 0) is 11.8 Å². The molecule has 1 unspecified atom stereocenters. The predicted molar refractivity (Wildman–Crippen MR) is 234 cm³/mol. The SMILES string of the molecule is C=C1/C=C\C(c2ccc3[nH]c4c(c3c2)CCC=C4)C/C=C/c2ccccc21.CC1(C)C2=C(CCC=C2)c2ccc(C3=CCCC=C3)cc21.c1ccccc1. The maximum absolute atomic E-state index is 4.29. The topological polar surface area (TPSA) is 15.8 Å². The largest absolute Gasteiger partial charge is 0.355 e. The molecule has 0 spiro atoms. The molecule has 0 bridgehead atoms. The van der Waals surface area contributed by atoms with Gasteiger partial charge in [0.05, 0.1) is 0 Å². The van der Waals surface area contributed by atoms with Crippen LogP contribution >= 0.6 is 0 Å². The van der Waals surface area contributed by atoms with Gasteiger partial charge in [-0.2, -0.15) is 0 Å². The van der Waals surface area contributed by atoms with Crippen LogP contribution in [0, 0.1) is 0 Å². The molecule has 5 aliphatic rings. The molecule has 54 heavy (non-hydrogen) atoms. The van der Waals surface area contributed by atoms with Gasteiger partial charge < -0.3 is 4.98 Å². The van der Waals surface area contributed by atoms with Gasteiger partial charge in [0, 0.05) is 27.9 Å². The van der Waals surface area contributed by atoms with Crippen LogP contribution in [0.15, 0.2) is 164 Å². The highest BCUT2D eigenvalue weighted by Crippen LogP contribution is 2.50. The Labute approximate surface area is 322 Å². The van der Waals surface area contributed by atoms with E-state index in [0.29, 0.717) is 5.92 Å². The number of nitrogens with one attached hydrogen (secondary N) is 1. The fourth-order valence-corrected chi connectivity index (χ4v) is 8.67. The molecule has 1 aromatic heterocycles. The minimum Gasteiger partial charge on any atom is -0.355 e. The Morgan fingerprint density at radius 2 is 1.44 bits per heavy atom. The van der Waals surface area contributed by atoms with Gasteiger partial charge in [0.1, 0.15) is 0 Å². The van der Waals surface area contributed by atoms with Crippen LogP contribution in [0.5, 0.6) is 0 Å². The van der Waals surface area contributed by atoms with Gasteiger partial charge in [-0.1, -0.05) is 160 Å². The third-order valence-electron chi connectivity index (χ3n) is 11.6. The number of aromatic nitrogens is 1. The number of fused-ring (bicyclic) bond motifs is 6. The highest BCUT2D eigenvalue weighted by molar-refractivity contribution is 5.89. The summed E-state index contributed by atoms with van der Waals surface area (Å²) in [7, 11) is 0. The average molecular weight is 702 g/mol. The first-order valence-corrected chi connectivity index (χ1v) is 19.8. The van der Waals surface area contributed by atoms with E-state index in [9.17, 15) is 0 Å². The summed E-state index contributed by atoms with van der Waals surface area (Å²) in [5, 5.41) is 1.38. The normalized spacial score (nSPS) is 20.0. The van der Waals surface area contributed by atoms with Crippen molar-refractivity contribution in [3.63, 3.8) is 0 Å². The number of H-pyrrole nitrogens is 1. The molecule has 268 valence electrons. The van der Waals surface area contributed by atoms with E-state index in [0.717, 1.165) is 24.8 Å². The van der Waals surface area contributed by atoms with E-state index >= 15 is 0 Å². The molecule has 1 N–H and O–H groups in total. The third-order valence-corrected chi connectivity index (χ3v) is 11.6. The molecule has 0 radical (unpaired) electrons. The summed E-state index contributed by atoms with van der Waals surface area (Å²) in [4.78, 5) is 3.56. The molecule has 1 nitrogen and oxygen atoms in total. The van der Waals surface area contributed by atoms with Gasteiger partial charge in [0.15, 0.2) is 0 Å². The highest BCUT2D eigenvalue weighted by Gasteiger charge is 2.37. The van der Waals surface area contributed by atoms with Crippen LogP contribution in [-0.4, -0.2) is 4.98 Å². The van der Waals surface area contributed by atoms with E-state index in [-0.39, 0.29) is 5.41 Å². The van der Waals surface area contributed by atoms with Gasteiger partial charge in [-0.15, -0.1) is 0 Å². The predicted octanol–water partition coefficient (Wildman–Crippen LogP) is 14.4. The summed E-state index contributed by atoms with van der Waals surface area (Å²) in [5.41, 5.74) is 17.9. The molecule has 5 aliphatic carbocycles. The standard InChI is InChI=1S/C26H23N.C21H22.C6H6/c1-18-13-14-19(8-6-9-20-7-2-3-10-22(18)20)21-15-16-26-24(17-21)23-11-4-5-12-25(23)27-26;1-21(2)19-11-7-6-10-17(19)18-13-12-16(14-20(18)21)15-8-4-3-5-9-15;1-2-4-6-5-3-1/h2-3,5-7,9-10,12-17,19,27H,1,4,8,11H2;4,7-9,11-14H,3,5-6,10H2,1-2H3;1-6H/b9-6+,14-13-;;. The zero-order chi connectivity index (χ0) is 36.9. The number of allylic oxidation sites excluding steroid dienone is 13. The lowest BCUT2D eigenvalue weighted by molar-refractivity contribution is 0.651. The molecule has 0 amide bonds. The smallest absolute Gasteiger partial charge is 0.0461 e. The van der Waals surface area contributed by atoms with Crippen LogP contribution in [0.3, 0.4) is 0 Å². The summed E-state index contributed by atoms with van der Waals surface area (Å²) in [6, 6.07) is 34.5. The van der Waals surface area contributed by atoms with E-state index in [4.69, 9.17) is 0 Å². The molecule has 0 saturated carbocycles. The van der Waals surface area contributed by atoms with Crippen molar-refractivity contribution < 1.29 is 0 Å². The molecule has 0 aliphatic heterocycles. The number of hydrogen-bond donors (Lipinski definition) is 1. The first-order chi connectivity index (χ1) is 26.5. The van der Waals surface area contributed by atoms with E-state index in [1.54, 1.807) is 5.57 Å². The summed E-state index contributed by atoms with van der Waals surface area (Å²) in [6.45, 7) is 9.04. The second-order valence-corrected chi connectivity index (χ2v) is 15.5. The van der Waals surface area contributed by atoms with Crippen LogP contribution < -0.4 is 0 Å². The molecule has 4 aromatic carbocycles. The van der Waals surface area contributed by atoms with Crippen molar-refractivity contribution in [1.82, 2.24) is 4.98 Å². The number of benzene rings is 4. The quantitative estimate of drug-likeness (QED) is 0.189. The second kappa shape index (κ2) is 15.7. The van der Waals surface area contributed by atoms with Gasteiger partial charge in [-0.05, 0) is 130 Å². The number of aryl methyl sites for hydroxylation is 1. The minimum atomic E-state index is 0.149. The van der Waals surface area contributed by atoms with E-state index in [1.165, 1.54) is 92.4 Å². The molecule has 1 heterocycles. The zero-order valence-corrected chi connectivity index (χ0v) is 31.8. The molecule has 10 rings (SSSR count). The zero-order valence-electron chi connectivity index (χ0n) is 31.8. The fraction of sp³-hybridized carbons (Fsp3) is 0.208. The van der Waals surface area contributed by atoms with Crippen LogP contribution in [0.2, 0.25) is 0 Å². The second-order valence-electron chi connectivity index (χ2n) is 15.5. The monoisotopic (exact) mass is 701 g/mol. The Morgan fingerprint density at radius 3 is 2.26 bits per heavy atom. The van der Waals surface area contributed by atoms with Crippen LogP contribution in [0.25, 0.3) is 39.8 Å². The maximum Gasteiger partial charge on any atom is 0.0461 e. The lowest BCUT2D eigenvalue weighted by Gasteiger charge is -2.24. The summed E-state index contributed by atoms with van der Waals surface area (Å²) < 4.78 is 0. The fourth-order valence-electron chi connectivity index (χ4n) is 8.67. The van der Waals surface area contributed by atoms with Crippen molar-refractivity contribution >= 4 is 39.8 Å². The Morgan fingerprint density at radius 1 is 0.667 bits per heavy atom. The lowest BCUT2D eigenvalue weighted by Crippen LogP contribution is -2.16. The van der Waals surface area contributed by atoms with Crippen molar-refractivity contribution in [1.29, 1.82) is 0 Å². The lowest BCUT2D eigenvalue weighted by atomic mass is 9.79. The molecular weight excluding hydrogens is 651 g/mol. The molecule has 1 heteroatoms. The van der Waals surface area contributed by atoms with Crippen molar-refractivity contribution in [2.24, 2.45) is 0 Å². The summed E-state index contributed by atoms with van der Waals surface area (Å²) in [6.07, 6.45) is 33.1. The first kappa shape index (κ1) is 35.4. The Bertz CT molecular complexity index is 2370. The van der Waals surface area contributed by atoms with Crippen LogP contribution in [0.4, 0.5) is 0 Å². The first-order valence-electron chi connectivity index (χ1n) is 19.8. The van der Waals surface area contributed by atoms with E-state index in [1.807, 2.05) is 36.4 Å². The third kappa shape index (κ3) is 7.29. The number of rotatable bonds is 2. The minimum absolute atomic E-state index is 0.149. The maximum atomic E-state index is 4.29. The Kier molecular flexibility index (Phi) is 10.3. The number of aromatic amines is 1. The van der Waals surface area contributed by atoms with Gasteiger partial charge in [0.2, 0.25) is 0 Å². The summed E-state index contributed by atoms with van der Waals surface area (Å²) in [5.74, 6) is 0.362. The van der Waals surface area contributed by atoms with E-state index in [2.05, 4.69) is 153 Å². The molecule has 5 aromatic rings.